The number of aryl methyl sites for hydroxylation is 1. The van der Waals surface area contributed by atoms with Crippen LogP contribution in [0.15, 0.2) is 22.7 Å². The van der Waals surface area contributed by atoms with Crippen molar-refractivity contribution in [2.75, 3.05) is 6.54 Å². The molecule has 1 aromatic heterocycles. The first-order valence-electron chi connectivity index (χ1n) is 5.65. The minimum absolute atomic E-state index is 0.802. The summed E-state index contributed by atoms with van der Waals surface area (Å²) in [7, 11) is 0. The predicted octanol–water partition coefficient (Wildman–Crippen LogP) is 2.12. The highest BCUT2D eigenvalue weighted by Crippen LogP contribution is 2.30. The Labute approximate surface area is 108 Å². The summed E-state index contributed by atoms with van der Waals surface area (Å²) in [6.07, 6.45) is 0. The van der Waals surface area contributed by atoms with E-state index >= 15 is 0 Å². The van der Waals surface area contributed by atoms with Gasteiger partial charge in [-0.3, -0.25) is 0 Å². The van der Waals surface area contributed by atoms with Gasteiger partial charge in [0.25, 0.3) is 0 Å². The van der Waals surface area contributed by atoms with Gasteiger partial charge >= 0.3 is 0 Å². The maximum absolute atomic E-state index is 4.31. The minimum atomic E-state index is 0.802. The van der Waals surface area contributed by atoms with Gasteiger partial charge in [0.15, 0.2) is 5.82 Å². The molecule has 1 N–H and O–H groups in total. The predicted molar refractivity (Wildman–Crippen MR) is 69.6 cm³/mol. The van der Waals surface area contributed by atoms with Gasteiger partial charge in [0.2, 0.25) is 0 Å². The number of halogens is 1. The van der Waals surface area contributed by atoms with Crippen LogP contribution in [0.3, 0.4) is 0 Å². The van der Waals surface area contributed by atoms with E-state index in [0.29, 0.717) is 0 Å². The van der Waals surface area contributed by atoms with Crippen LogP contribution in [0.25, 0.3) is 11.4 Å². The van der Waals surface area contributed by atoms with Crippen LogP contribution in [0.5, 0.6) is 0 Å². The molecule has 0 aliphatic carbocycles. The summed E-state index contributed by atoms with van der Waals surface area (Å²) in [4.78, 5) is 0. The van der Waals surface area contributed by atoms with Gasteiger partial charge < -0.3 is 9.88 Å². The van der Waals surface area contributed by atoms with E-state index in [9.17, 15) is 0 Å². The van der Waals surface area contributed by atoms with Crippen LogP contribution < -0.4 is 5.32 Å². The van der Waals surface area contributed by atoms with Gasteiger partial charge in [0, 0.05) is 23.1 Å². The minimum Gasteiger partial charge on any atom is -0.309 e. The standard InChI is InChI=1S/C12H13BrN4/c1-8-3-2-4-9(11(8)13)12-16-15-10-7-14-5-6-17(10)12/h2-4,14H,5-7H2,1H3. The van der Waals surface area contributed by atoms with E-state index in [1.54, 1.807) is 0 Å². The monoisotopic (exact) mass is 292 g/mol. The smallest absolute Gasteiger partial charge is 0.165 e. The van der Waals surface area contributed by atoms with Crippen molar-refractivity contribution in [1.29, 1.82) is 0 Å². The zero-order valence-electron chi connectivity index (χ0n) is 9.57. The van der Waals surface area contributed by atoms with Crippen molar-refractivity contribution >= 4 is 15.9 Å². The molecular formula is C12H13BrN4. The van der Waals surface area contributed by atoms with Crippen LogP contribution in [-0.2, 0) is 13.1 Å². The number of aromatic nitrogens is 3. The number of fused-ring (bicyclic) bond motifs is 1. The lowest BCUT2D eigenvalue weighted by Crippen LogP contribution is -2.28. The zero-order chi connectivity index (χ0) is 11.8. The normalized spacial score (nSPS) is 14.7. The molecule has 0 amide bonds. The Kier molecular flexibility index (Phi) is 2.72. The van der Waals surface area contributed by atoms with Crippen LogP contribution >= 0.6 is 15.9 Å². The third kappa shape index (κ3) is 1.79. The van der Waals surface area contributed by atoms with E-state index in [4.69, 9.17) is 0 Å². The third-order valence-electron chi connectivity index (χ3n) is 3.06. The van der Waals surface area contributed by atoms with Gasteiger partial charge in [0.1, 0.15) is 5.82 Å². The number of hydrogen-bond donors (Lipinski definition) is 1. The van der Waals surface area contributed by atoms with Gasteiger partial charge in [0.05, 0.1) is 6.54 Å². The van der Waals surface area contributed by atoms with E-state index in [1.165, 1.54) is 5.56 Å². The highest BCUT2D eigenvalue weighted by atomic mass is 79.9. The Hall–Kier alpha value is -1.20. The zero-order valence-corrected chi connectivity index (χ0v) is 11.2. The van der Waals surface area contributed by atoms with E-state index in [1.807, 2.05) is 0 Å². The molecule has 0 saturated heterocycles. The van der Waals surface area contributed by atoms with Crippen molar-refractivity contribution in [3.63, 3.8) is 0 Å². The molecule has 0 unspecified atom stereocenters. The van der Waals surface area contributed by atoms with E-state index in [0.717, 1.165) is 41.3 Å². The first-order valence-corrected chi connectivity index (χ1v) is 6.45. The average Bonchev–Trinajstić information content (AvgIpc) is 2.77. The fourth-order valence-electron chi connectivity index (χ4n) is 2.11. The summed E-state index contributed by atoms with van der Waals surface area (Å²) in [5, 5.41) is 11.8. The SMILES string of the molecule is Cc1cccc(-c2nnc3n2CCNC3)c1Br. The first-order chi connectivity index (χ1) is 8.27. The fourth-order valence-corrected chi connectivity index (χ4v) is 2.55. The quantitative estimate of drug-likeness (QED) is 0.876. The number of nitrogens with zero attached hydrogens (tertiary/aromatic N) is 3. The second kappa shape index (κ2) is 4.23. The molecule has 1 aromatic carbocycles. The molecule has 0 bridgehead atoms. The number of benzene rings is 1. The molecule has 5 heteroatoms. The number of rotatable bonds is 1. The van der Waals surface area contributed by atoms with Crippen molar-refractivity contribution in [3.05, 3.63) is 34.1 Å². The lowest BCUT2D eigenvalue weighted by molar-refractivity contribution is 0.508. The third-order valence-corrected chi connectivity index (χ3v) is 4.11. The molecule has 0 spiro atoms. The van der Waals surface area contributed by atoms with Crippen LogP contribution in [0, 0.1) is 6.92 Å². The van der Waals surface area contributed by atoms with Gasteiger partial charge in [-0.2, -0.15) is 0 Å². The molecule has 1 aliphatic heterocycles. The summed E-state index contributed by atoms with van der Waals surface area (Å²) in [5.41, 5.74) is 2.33. The van der Waals surface area contributed by atoms with Crippen LogP contribution in [0.4, 0.5) is 0 Å². The Morgan fingerprint density at radius 1 is 1.35 bits per heavy atom. The number of hydrogen-bond acceptors (Lipinski definition) is 3. The molecule has 0 saturated carbocycles. The average molecular weight is 293 g/mol. The highest BCUT2D eigenvalue weighted by molar-refractivity contribution is 9.10. The second-order valence-corrected chi connectivity index (χ2v) is 5.00. The lowest BCUT2D eigenvalue weighted by atomic mass is 10.1. The van der Waals surface area contributed by atoms with E-state index in [2.05, 4.69) is 61.1 Å². The second-order valence-electron chi connectivity index (χ2n) is 4.20. The maximum Gasteiger partial charge on any atom is 0.165 e. The molecule has 88 valence electrons. The van der Waals surface area contributed by atoms with Crippen molar-refractivity contribution in [2.45, 2.75) is 20.0 Å². The van der Waals surface area contributed by atoms with Gasteiger partial charge in [-0.1, -0.05) is 18.2 Å². The van der Waals surface area contributed by atoms with Crippen LogP contribution in [0.2, 0.25) is 0 Å². The number of nitrogens with one attached hydrogen (secondary N) is 1. The summed E-state index contributed by atoms with van der Waals surface area (Å²) >= 11 is 3.63. The summed E-state index contributed by atoms with van der Waals surface area (Å²) in [5.74, 6) is 1.97. The molecule has 0 atom stereocenters. The molecular weight excluding hydrogens is 280 g/mol. The maximum atomic E-state index is 4.31. The summed E-state index contributed by atoms with van der Waals surface area (Å²) in [6.45, 7) is 4.79. The Morgan fingerprint density at radius 2 is 2.24 bits per heavy atom. The van der Waals surface area contributed by atoms with Crippen molar-refractivity contribution in [1.82, 2.24) is 20.1 Å². The van der Waals surface area contributed by atoms with Gasteiger partial charge in [-0.15, -0.1) is 10.2 Å². The lowest BCUT2D eigenvalue weighted by Gasteiger charge is -2.16. The molecule has 2 heterocycles. The molecule has 0 fully saturated rings. The summed E-state index contributed by atoms with van der Waals surface area (Å²) in [6, 6.07) is 6.22. The van der Waals surface area contributed by atoms with E-state index < -0.39 is 0 Å². The Morgan fingerprint density at radius 3 is 3.12 bits per heavy atom. The highest BCUT2D eigenvalue weighted by Gasteiger charge is 2.18. The first kappa shape index (κ1) is 10.9. The molecule has 3 rings (SSSR count). The Bertz CT molecular complexity index is 562. The largest absolute Gasteiger partial charge is 0.309 e. The topological polar surface area (TPSA) is 42.7 Å². The van der Waals surface area contributed by atoms with Crippen LogP contribution in [0.1, 0.15) is 11.4 Å². The summed E-state index contributed by atoms with van der Waals surface area (Å²) < 4.78 is 3.30. The van der Waals surface area contributed by atoms with Crippen molar-refractivity contribution in [2.24, 2.45) is 0 Å². The fraction of sp³-hybridized carbons (Fsp3) is 0.333. The molecule has 2 aromatic rings. The van der Waals surface area contributed by atoms with Crippen molar-refractivity contribution < 1.29 is 0 Å². The molecule has 4 nitrogen and oxygen atoms in total. The molecule has 1 aliphatic rings. The van der Waals surface area contributed by atoms with Gasteiger partial charge in [-0.05, 0) is 28.4 Å². The molecule has 17 heavy (non-hydrogen) atoms. The van der Waals surface area contributed by atoms with Gasteiger partial charge in [-0.25, -0.2) is 0 Å². The van der Waals surface area contributed by atoms with E-state index in [-0.39, 0.29) is 0 Å². The van der Waals surface area contributed by atoms with Crippen LogP contribution in [-0.4, -0.2) is 21.3 Å². The molecule has 0 radical (unpaired) electrons. The van der Waals surface area contributed by atoms with Crippen molar-refractivity contribution in [3.8, 4) is 11.4 Å². The Balaban J connectivity index is 2.15.